The van der Waals surface area contributed by atoms with Gasteiger partial charge >= 0.3 is 0 Å². The van der Waals surface area contributed by atoms with Gasteiger partial charge in [-0.15, -0.1) is 10.2 Å². The largest absolute Gasteiger partial charge is 0.497 e. The van der Waals surface area contributed by atoms with Crippen molar-refractivity contribution in [3.63, 3.8) is 0 Å². The number of carbonyl (C=O) groups is 1. The third-order valence-corrected chi connectivity index (χ3v) is 4.61. The second-order valence-electron chi connectivity index (χ2n) is 4.26. The summed E-state index contributed by atoms with van der Waals surface area (Å²) < 4.78 is 11.7. The van der Waals surface area contributed by atoms with E-state index in [1.54, 1.807) is 19.2 Å². The molecule has 22 heavy (non-hydrogen) atoms. The summed E-state index contributed by atoms with van der Waals surface area (Å²) in [5, 5.41) is 11.1. The molecule has 1 amide bonds. The molecule has 1 aromatic carbocycles. The van der Waals surface area contributed by atoms with E-state index in [0.29, 0.717) is 23.1 Å². The maximum absolute atomic E-state index is 12.3. The van der Waals surface area contributed by atoms with Crippen LogP contribution in [0.1, 0.15) is 13.3 Å². The van der Waals surface area contributed by atoms with E-state index >= 15 is 0 Å². The van der Waals surface area contributed by atoms with Crippen molar-refractivity contribution in [2.75, 3.05) is 18.7 Å². The summed E-state index contributed by atoms with van der Waals surface area (Å²) in [5.74, 6) is 1.03. The number of benzene rings is 1. The molecule has 0 aliphatic rings. The zero-order valence-corrected chi connectivity index (χ0v) is 14.2. The van der Waals surface area contributed by atoms with E-state index in [2.05, 4.69) is 15.5 Å². The zero-order chi connectivity index (χ0) is 15.9. The Morgan fingerprint density at radius 1 is 1.41 bits per heavy atom. The van der Waals surface area contributed by atoms with Gasteiger partial charge in [-0.05, 0) is 24.8 Å². The fourth-order valence-electron chi connectivity index (χ4n) is 1.69. The molecule has 8 heteroatoms. The number of nitrogens with zero attached hydrogens (tertiary/aromatic N) is 2. The predicted molar refractivity (Wildman–Crippen MR) is 88.0 cm³/mol. The number of thioether (sulfide) groups is 1. The van der Waals surface area contributed by atoms with Gasteiger partial charge in [-0.25, -0.2) is 0 Å². The average Bonchev–Trinajstić information content (AvgIpc) is 3.00. The molecular formula is C14H17N3O3S2. The van der Waals surface area contributed by atoms with Crippen LogP contribution in [0.15, 0.2) is 28.6 Å². The van der Waals surface area contributed by atoms with Crippen molar-refractivity contribution in [3.05, 3.63) is 24.3 Å². The molecule has 1 atom stereocenters. The van der Waals surface area contributed by atoms with Crippen molar-refractivity contribution < 1.29 is 14.3 Å². The molecule has 1 aromatic heterocycles. The first-order valence-electron chi connectivity index (χ1n) is 6.65. The Bertz CT molecular complexity index is 633. The molecule has 2 rings (SSSR count). The topological polar surface area (TPSA) is 73.3 Å². The van der Waals surface area contributed by atoms with Gasteiger partial charge in [-0.3, -0.25) is 10.1 Å². The zero-order valence-electron chi connectivity index (χ0n) is 12.5. The molecule has 0 fully saturated rings. The summed E-state index contributed by atoms with van der Waals surface area (Å²) >= 11 is 2.82. The summed E-state index contributed by atoms with van der Waals surface area (Å²) in [5.41, 5.74) is 0. The van der Waals surface area contributed by atoms with E-state index in [9.17, 15) is 4.79 Å². The van der Waals surface area contributed by atoms with Crippen LogP contribution in [0.2, 0.25) is 0 Å². The number of nitrogens with one attached hydrogen (secondary N) is 1. The van der Waals surface area contributed by atoms with Gasteiger partial charge in [0, 0.05) is 6.07 Å². The molecular weight excluding hydrogens is 322 g/mol. The molecule has 2 aromatic rings. The maximum atomic E-state index is 12.3. The SMILES string of the molecule is CCC(Oc1cccc(OC)c1)C(=O)Nc1nnc(SC)s1. The highest BCUT2D eigenvalue weighted by Crippen LogP contribution is 2.24. The number of methoxy groups -OCH3 is 1. The number of ether oxygens (including phenoxy) is 2. The van der Waals surface area contributed by atoms with Gasteiger partial charge in [-0.1, -0.05) is 36.1 Å². The molecule has 1 N–H and O–H groups in total. The lowest BCUT2D eigenvalue weighted by Gasteiger charge is -2.16. The van der Waals surface area contributed by atoms with Crippen molar-refractivity contribution in [1.29, 1.82) is 0 Å². The van der Waals surface area contributed by atoms with E-state index in [0.717, 1.165) is 4.34 Å². The Morgan fingerprint density at radius 3 is 2.82 bits per heavy atom. The number of rotatable bonds is 7. The molecule has 0 saturated heterocycles. The second-order valence-corrected chi connectivity index (χ2v) is 6.29. The first kappa shape index (κ1) is 16.6. The molecule has 1 unspecified atom stereocenters. The molecule has 0 bridgehead atoms. The van der Waals surface area contributed by atoms with Crippen molar-refractivity contribution in [3.8, 4) is 11.5 Å². The van der Waals surface area contributed by atoms with Crippen LogP contribution >= 0.6 is 23.1 Å². The minimum atomic E-state index is -0.603. The second kappa shape index (κ2) is 8.00. The summed E-state index contributed by atoms with van der Waals surface area (Å²) in [6, 6.07) is 7.16. The maximum Gasteiger partial charge on any atom is 0.267 e. The molecule has 6 nitrogen and oxygen atoms in total. The van der Waals surface area contributed by atoms with E-state index in [1.807, 2.05) is 25.3 Å². The van der Waals surface area contributed by atoms with Crippen molar-refractivity contribution in [1.82, 2.24) is 10.2 Å². The quantitative estimate of drug-likeness (QED) is 0.617. The van der Waals surface area contributed by atoms with Crippen LogP contribution < -0.4 is 14.8 Å². The average molecular weight is 339 g/mol. The standard InChI is InChI=1S/C14H17N3O3S2/c1-4-11(20-10-7-5-6-9(8-10)19-2)12(18)15-13-16-17-14(21-3)22-13/h5-8,11H,4H2,1-3H3,(H,15,16,18). The van der Waals surface area contributed by atoms with Crippen molar-refractivity contribution in [2.45, 2.75) is 23.8 Å². The fraction of sp³-hybridized carbons (Fsp3) is 0.357. The lowest BCUT2D eigenvalue weighted by atomic mass is 10.2. The highest BCUT2D eigenvalue weighted by atomic mass is 32.2. The van der Waals surface area contributed by atoms with Crippen molar-refractivity contribution >= 4 is 34.1 Å². The number of hydrogen-bond donors (Lipinski definition) is 1. The number of carbonyl (C=O) groups excluding carboxylic acids is 1. The Balaban J connectivity index is 2.01. The van der Waals surface area contributed by atoms with Crippen LogP contribution in [0.5, 0.6) is 11.5 Å². The smallest absolute Gasteiger partial charge is 0.267 e. The molecule has 1 heterocycles. The molecule has 0 aliphatic heterocycles. The van der Waals surface area contributed by atoms with Gasteiger partial charge in [-0.2, -0.15) is 0 Å². The van der Waals surface area contributed by atoms with Crippen LogP contribution in [0, 0.1) is 0 Å². The van der Waals surface area contributed by atoms with Crippen molar-refractivity contribution in [2.24, 2.45) is 0 Å². The molecule has 118 valence electrons. The lowest BCUT2D eigenvalue weighted by Crippen LogP contribution is -2.32. The van der Waals surface area contributed by atoms with E-state index in [4.69, 9.17) is 9.47 Å². The Labute approximate surface area is 137 Å². The Morgan fingerprint density at radius 2 is 2.18 bits per heavy atom. The fourth-order valence-corrected chi connectivity index (χ4v) is 2.86. The summed E-state index contributed by atoms with van der Waals surface area (Å²) in [4.78, 5) is 12.3. The van der Waals surface area contributed by atoms with Gasteiger partial charge in [0.15, 0.2) is 10.4 Å². The Kier molecular flexibility index (Phi) is 6.02. The first-order chi connectivity index (χ1) is 10.7. The number of anilines is 1. The number of hydrogen-bond acceptors (Lipinski definition) is 7. The highest BCUT2D eigenvalue weighted by Gasteiger charge is 2.20. The van der Waals surface area contributed by atoms with Gasteiger partial charge in [0.2, 0.25) is 5.13 Å². The summed E-state index contributed by atoms with van der Waals surface area (Å²) in [6.07, 6.45) is 1.85. The van der Waals surface area contributed by atoms with Crippen LogP contribution in [0.3, 0.4) is 0 Å². The predicted octanol–water partition coefficient (Wildman–Crippen LogP) is 3.06. The number of aromatic nitrogens is 2. The van der Waals surface area contributed by atoms with E-state index in [1.165, 1.54) is 23.1 Å². The third kappa shape index (κ3) is 4.35. The van der Waals surface area contributed by atoms with Gasteiger partial charge in [0.25, 0.3) is 5.91 Å². The molecule has 0 saturated carbocycles. The van der Waals surface area contributed by atoms with Crippen LogP contribution in [-0.4, -0.2) is 35.6 Å². The van der Waals surface area contributed by atoms with E-state index in [-0.39, 0.29) is 5.91 Å². The third-order valence-electron chi connectivity index (χ3n) is 2.79. The summed E-state index contributed by atoms with van der Waals surface area (Å²) in [6.45, 7) is 1.89. The molecule has 0 radical (unpaired) electrons. The van der Waals surface area contributed by atoms with Crippen LogP contribution in [0.25, 0.3) is 0 Å². The molecule has 0 aliphatic carbocycles. The normalized spacial score (nSPS) is 11.8. The van der Waals surface area contributed by atoms with Gasteiger partial charge < -0.3 is 9.47 Å². The van der Waals surface area contributed by atoms with Gasteiger partial charge in [0.05, 0.1) is 7.11 Å². The number of amides is 1. The minimum Gasteiger partial charge on any atom is -0.497 e. The molecule has 0 spiro atoms. The van der Waals surface area contributed by atoms with Gasteiger partial charge in [0.1, 0.15) is 11.5 Å². The first-order valence-corrected chi connectivity index (χ1v) is 8.69. The van der Waals surface area contributed by atoms with E-state index < -0.39 is 6.10 Å². The van der Waals surface area contributed by atoms with Crippen LogP contribution in [-0.2, 0) is 4.79 Å². The summed E-state index contributed by atoms with van der Waals surface area (Å²) in [7, 11) is 1.59. The monoisotopic (exact) mass is 339 g/mol. The van der Waals surface area contributed by atoms with Crippen LogP contribution in [0.4, 0.5) is 5.13 Å². The minimum absolute atomic E-state index is 0.242. The lowest BCUT2D eigenvalue weighted by molar-refractivity contribution is -0.122. The highest BCUT2D eigenvalue weighted by molar-refractivity contribution is 8.00. The Hall–Kier alpha value is -1.80.